The highest BCUT2D eigenvalue weighted by Crippen LogP contribution is 2.18. The maximum atomic E-state index is 11.2. The Morgan fingerprint density at radius 1 is 1.58 bits per heavy atom. The Labute approximate surface area is 72.4 Å². The van der Waals surface area contributed by atoms with Gasteiger partial charge in [0.15, 0.2) is 0 Å². The average Bonchev–Trinajstić information content (AvgIpc) is 2.38. The van der Waals surface area contributed by atoms with E-state index in [0.29, 0.717) is 6.54 Å². The van der Waals surface area contributed by atoms with Crippen molar-refractivity contribution in [3.63, 3.8) is 0 Å². The molecule has 0 radical (unpaired) electrons. The first-order valence-corrected chi connectivity index (χ1v) is 3.99. The fourth-order valence-electron chi connectivity index (χ4n) is 0.948. The molecule has 0 aliphatic carbocycles. The van der Waals surface area contributed by atoms with Gasteiger partial charge in [0.1, 0.15) is 5.78 Å². The van der Waals surface area contributed by atoms with Crippen LogP contribution in [0.15, 0.2) is 18.7 Å². The Hall–Kier alpha value is -1.12. The van der Waals surface area contributed by atoms with Gasteiger partial charge in [-0.15, -0.1) is 0 Å². The molecule has 3 heteroatoms. The minimum absolute atomic E-state index is 0.205. The summed E-state index contributed by atoms with van der Waals surface area (Å²) in [5.74, 6) is 0.205. The number of carbonyl (C=O) groups is 1. The molecule has 0 aromatic carbocycles. The van der Waals surface area contributed by atoms with Crippen LogP contribution in [0.4, 0.5) is 0 Å². The molecule has 0 aliphatic rings. The summed E-state index contributed by atoms with van der Waals surface area (Å²) in [6.45, 7) is 6.20. The number of carbonyl (C=O) groups excluding carboxylic acids is 1. The number of imidazole rings is 1. The van der Waals surface area contributed by atoms with E-state index in [4.69, 9.17) is 0 Å². The quantitative estimate of drug-likeness (QED) is 0.682. The van der Waals surface area contributed by atoms with Gasteiger partial charge < -0.3 is 4.57 Å². The molecule has 0 amide bonds. The highest BCUT2D eigenvalue weighted by Gasteiger charge is 2.23. The van der Waals surface area contributed by atoms with Crippen LogP contribution in [-0.4, -0.2) is 15.3 Å². The van der Waals surface area contributed by atoms with E-state index in [9.17, 15) is 4.79 Å². The largest absolute Gasteiger partial charge is 0.337 e. The van der Waals surface area contributed by atoms with Crippen molar-refractivity contribution < 1.29 is 4.79 Å². The lowest BCUT2D eigenvalue weighted by atomic mass is 9.89. The van der Waals surface area contributed by atoms with Crippen molar-refractivity contribution in [1.82, 2.24) is 9.55 Å². The SMILES string of the molecule is CC(=O)C(C)(C)Cn1ccnc1. The van der Waals surface area contributed by atoms with Gasteiger partial charge >= 0.3 is 0 Å². The van der Waals surface area contributed by atoms with Gasteiger partial charge in [0.25, 0.3) is 0 Å². The molecule has 1 aromatic rings. The van der Waals surface area contributed by atoms with Crippen LogP contribution in [0.5, 0.6) is 0 Å². The molecular formula is C9H14N2O. The molecule has 1 rings (SSSR count). The number of hydrogen-bond donors (Lipinski definition) is 0. The number of Topliss-reactive ketones (excluding diaryl/α,β-unsaturated/α-hetero) is 1. The van der Waals surface area contributed by atoms with Crippen molar-refractivity contribution in [2.24, 2.45) is 5.41 Å². The van der Waals surface area contributed by atoms with Crippen LogP contribution in [0, 0.1) is 5.41 Å². The second kappa shape index (κ2) is 3.09. The van der Waals surface area contributed by atoms with E-state index >= 15 is 0 Å². The number of aromatic nitrogens is 2. The molecule has 0 saturated heterocycles. The van der Waals surface area contributed by atoms with Gasteiger partial charge in [-0.05, 0) is 6.92 Å². The topological polar surface area (TPSA) is 34.9 Å². The van der Waals surface area contributed by atoms with Crippen LogP contribution >= 0.6 is 0 Å². The molecule has 0 atom stereocenters. The normalized spacial score (nSPS) is 11.6. The maximum Gasteiger partial charge on any atom is 0.137 e. The first kappa shape index (κ1) is 8.97. The third-order valence-corrected chi connectivity index (χ3v) is 2.09. The van der Waals surface area contributed by atoms with Gasteiger partial charge in [-0.2, -0.15) is 0 Å². The van der Waals surface area contributed by atoms with Crippen LogP contribution in [0.25, 0.3) is 0 Å². The summed E-state index contributed by atoms with van der Waals surface area (Å²) >= 11 is 0. The molecule has 0 aliphatic heterocycles. The highest BCUT2D eigenvalue weighted by atomic mass is 16.1. The second-order valence-corrected chi connectivity index (χ2v) is 3.68. The van der Waals surface area contributed by atoms with Crippen molar-refractivity contribution in [2.45, 2.75) is 27.3 Å². The summed E-state index contributed by atoms with van der Waals surface area (Å²) in [5, 5.41) is 0. The van der Waals surface area contributed by atoms with Gasteiger partial charge in [-0.25, -0.2) is 4.98 Å². The third-order valence-electron chi connectivity index (χ3n) is 2.09. The predicted molar refractivity (Wildman–Crippen MR) is 46.7 cm³/mol. The lowest BCUT2D eigenvalue weighted by molar-refractivity contribution is -0.125. The number of rotatable bonds is 3. The summed E-state index contributed by atoms with van der Waals surface area (Å²) in [7, 11) is 0. The lowest BCUT2D eigenvalue weighted by Gasteiger charge is -2.21. The van der Waals surface area contributed by atoms with Gasteiger partial charge in [0.2, 0.25) is 0 Å². The second-order valence-electron chi connectivity index (χ2n) is 3.68. The lowest BCUT2D eigenvalue weighted by Crippen LogP contribution is -2.26. The summed E-state index contributed by atoms with van der Waals surface area (Å²) in [6, 6.07) is 0. The minimum atomic E-state index is -0.291. The van der Waals surface area contributed by atoms with E-state index in [0.717, 1.165) is 0 Å². The monoisotopic (exact) mass is 166 g/mol. The fourth-order valence-corrected chi connectivity index (χ4v) is 0.948. The molecule has 0 N–H and O–H groups in total. The van der Waals surface area contributed by atoms with Gasteiger partial charge in [0.05, 0.1) is 6.33 Å². The molecule has 66 valence electrons. The van der Waals surface area contributed by atoms with E-state index < -0.39 is 0 Å². The molecule has 0 fully saturated rings. The number of nitrogens with zero attached hydrogens (tertiary/aromatic N) is 2. The van der Waals surface area contributed by atoms with Gasteiger partial charge in [0, 0.05) is 24.4 Å². The van der Waals surface area contributed by atoms with E-state index in [1.54, 1.807) is 19.4 Å². The molecule has 0 bridgehead atoms. The van der Waals surface area contributed by atoms with E-state index in [1.165, 1.54) is 0 Å². The third kappa shape index (κ3) is 1.94. The van der Waals surface area contributed by atoms with Crippen molar-refractivity contribution in [2.75, 3.05) is 0 Å². The molecular weight excluding hydrogens is 152 g/mol. The summed E-state index contributed by atoms with van der Waals surface area (Å²) in [5.41, 5.74) is -0.291. The van der Waals surface area contributed by atoms with E-state index in [-0.39, 0.29) is 11.2 Å². The molecule has 0 spiro atoms. The van der Waals surface area contributed by atoms with Crippen LogP contribution in [0.1, 0.15) is 20.8 Å². The van der Waals surface area contributed by atoms with Crippen molar-refractivity contribution in [3.05, 3.63) is 18.7 Å². The van der Waals surface area contributed by atoms with Crippen molar-refractivity contribution in [1.29, 1.82) is 0 Å². The Balaban J connectivity index is 2.69. The zero-order valence-electron chi connectivity index (χ0n) is 7.74. The van der Waals surface area contributed by atoms with E-state index in [1.807, 2.05) is 24.6 Å². The fraction of sp³-hybridized carbons (Fsp3) is 0.556. The molecule has 1 heterocycles. The van der Waals surface area contributed by atoms with Crippen LogP contribution < -0.4 is 0 Å². The predicted octanol–water partition coefficient (Wildman–Crippen LogP) is 1.50. The maximum absolute atomic E-state index is 11.2. The Morgan fingerprint density at radius 2 is 2.25 bits per heavy atom. The number of ketones is 1. The van der Waals surface area contributed by atoms with Crippen molar-refractivity contribution >= 4 is 5.78 Å². The highest BCUT2D eigenvalue weighted by molar-refractivity contribution is 5.81. The average molecular weight is 166 g/mol. The van der Waals surface area contributed by atoms with Gasteiger partial charge in [-0.3, -0.25) is 4.79 Å². The smallest absolute Gasteiger partial charge is 0.137 e. The van der Waals surface area contributed by atoms with E-state index in [2.05, 4.69) is 4.98 Å². The minimum Gasteiger partial charge on any atom is -0.337 e. The van der Waals surface area contributed by atoms with Crippen molar-refractivity contribution in [3.8, 4) is 0 Å². The summed E-state index contributed by atoms with van der Waals surface area (Å²) in [4.78, 5) is 15.1. The van der Waals surface area contributed by atoms with Gasteiger partial charge in [-0.1, -0.05) is 13.8 Å². The summed E-state index contributed by atoms with van der Waals surface area (Å²) < 4.78 is 1.92. The first-order chi connectivity index (χ1) is 5.52. The standard InChI is InChI=1S/C9H14N2O/c1-8(12)9(2,3)6-11-5-4-10-7-11/h4-5,7H,6H2,1-3H3. The molecule has 0 unspecified atom stereocenters. The van der Waals surface area contributed by atoms with Crippen LogP contribution in [-0.2, 0) is 11.3 Å². The Bertz CT molecular complexity index is 262. The zero-order chi connectivity index (χ0) is 9.19. The molecule has 12 heavy (non-hydrogen) atoms. The Morgan fingerprint density at radius 3 is 2.67 bits per heavy atom. The van der Waals surface area contributed by atoms with Crippen LogP contribution in [0.2, 0.25) is 0 Å². The zero-order valence-corrected chi connectivity index (χ0v) is 7.74. The first-order valence-electron chi connectivity index (χ1n) is 3.99. The molecule has 0 saturated carbocycles. The van der Waals surface area contributed by atoms with Crippen LogP contribution in [0.3, 0.4) is 0 Å². The Kier molecular flexibility index (Phi) is 2.31. The molecule has 1 aromatic heterocycles. The molecule has 3 nitrogen and oxygen atoms in total. The summed E-state index contributed by atoms with van der Waals surface area (Å²) in [6.07, 6.45) is 5.31. The number of hydrogen-bond acceptors (Lipinski definition) is 2.